The largest absolute Gasteiger partial charge is 0.260 e. The predicted molar refractivity (Wildman–Crippen MR) is 67.2 cm³/mol. The van der Waals surface area contributed by atoms with Crippen LogP contribution >= 0.6 is 0 Å². The molecule has 4 nitrogen and oxygen atoms in total. The van der Waals surface area contributed by atoms with Crippen molar-refractivity contribution in [1.82, 2.24) is 15.0 Å². The molecule has 0 bridgehead atoms. The van der Waals surface area contributed by atoms with Crippen LogP contribution in [0.2, 0.25) is 0 Å². The van der Waals surface area contributed by atoms with Gasteiger partial charge in [-0.05, 0) is 20.3 Å². The van der Waals surface area contributed by atoms with Gasteiger partial charge >= 0.3 is 0 Å². The number of hydrogen-bond donors (Lipinski definition) is 0. The Morgan fingerprint density at radius 3 is 2.56 bits per heavy atom. The highest BCUT2D eigenvalue weighted by atomic mass is 15.4. The van der Waals surface area contributed by atoms with E-state index in [2.05, 4.69) is 27.5 Å². The Bertz CT molecular complexity index is 424. The molecule has 0 fully saturated rings. The standard InChI is InChI=1S/C10H12N4.C2H6/c1-8-4-3-5-10(6-11-8)14-7-9(2)12-13-14;1-2/h4-7H,3H2,1-2H3;1-2H3. The molecular formula is C12H18N4. The average Bonchev–Trinajstić information content (AvgIpc) is 2.60. The van der Waals surface area contributed by atoms with Gasteiger partial charge in [0.25, 0.3) is 0 Å². The van der Waals surface area contributed by atoms with E-state index < -0.39 is 0 Å². The molecule has 0 unspecified atom stereocenters. The second-order valence-corrected chi connectivity index (χ2v) is 3.27. The minimum absolute atomic E-state index is 0.889. The molecule has 0 saturated heterocycles. The molecule has 1 aromatic rings. The SMILES string of the molecule is CC.CC1=CCC=C(n2cc(C)nn2)C=N1. The molecule has 0 radical (unpaired) electrons. The maximum Gasteiger partial charge on any atom is 0.0809 e. The number of allylic oxidation sites excluding steroid dienone is 4. The molecule has 0 saturated carbocycles. The maximum atomic E-state index is 4.27. The minimum atomic E-state index is 0.889. The smallest absolute Gasteiger partial charge is 0.0809 e. The van der Waals surface area contributed by atoms with Crippen LogP contribution < -0.4 is 0 Å². The Kier molecular flexibility index (Phi) is 4.64. The Morgan fingerprint density at radius 1 is 1.19 bits per heavy atom. The predicted octanol–water partition coefficient (Wildman–Crippen LogP) is 2.83. The van der Waals surface area contributed by atoms with E-state index in [-0.39, 0.29) is 0 Å². The molecule has 0 N–H and O–H groups in total. The fourth-order valence-corrected chi connectivity index (χ4v) is 1.25. The van der Waals surface area contributed by atoms with Crippen LogP contribution in [-0.4, -0.2) is 21.2 Å². The van der Waals surface area contributed by atoms with Crippen LogP contribution in [0.25, 0.3) is 5.70 Å². The molecule has 16 heavy (non-hydrogen) atoms. The first-order valence-electron chi connectivity index (χ1n) is 5.56. The fourth-order valence-electron chi connectivity index (χ4n) is 1.25. The topological polar surface area (TPSA) is 43.1 Å². The lowest BCUT2D eigenvalue weighted by atomic mass is 10.3. The molecular weight excluding hydrogens is 200 g/mol. The van der Waals surface area contributed by atoms with Gasteiger partial charge in [0.2, 0.25) is 0 Å². The second-order valence-electron chi connectivity index (χ2n) is 3.27. The lowest BCUT2D eigenvalue weighted by Crippen LogP contribution is -1.98. The van der Waals surface area contributed by atoms with Crippen molar-refractivity contribution < 1.29 is 0 Å². The van der Waals surface area contributed by atoms with Crippen molar-refractivity contribution in [3.05, 3.63) is 29.7 Å². The van der Waals surface area contributed by atoms with Crippen LogP contribution in [-0.2, 0) is 0 Å². The maximum absolute atomic E-state index is 4.27. The first-order valence-corrected chi connectivity index (χ1v) is 5.56. The highest BCUT2D eigenvalue weighted by Crippen LogP contribution is 2.09. The summed E-state index contributed by atoms with van der Waals surface area (Å²) in [6, 6.07) is 0. The van der Waals surface area contributed by atoms with Crippen molar-refractivity contribution in [2.75, 3.05) is 0 Å². The zero-order valence-electron chi connectivity index (χ0n) is 10.3. The highest BCUT2D eigenvalue weighted by molar-refractivity contribution is 6.02. The summed E-state index contributed by atoms with van der Waals surface area (Å²) in [4.78, 5) is 4.27. The van der Waals surface area contributed by atoms with Gasteiger partial charge in [0.1, 0.15) is 0 Å². The first kappa shape index (κ1) is 12.4. The van der Waals surface area contributed by atoms with Gasteiger partial charge in [0, 0.05) is 5.70 Å². The van der Waals surface area contributed by atoms with E-state index >= 15 is 0 Å². The Morgan fingerprint density at radius 2 is 1.94 bits per heavy atom. The molecule has 0 aliphatic carbocycles. The Balaban J connectivity index is 0.000000606. The first-order chi connectivity index (χ1) is 7.75. The summed E-state index contributed by atoms with van der Waals surface area (Å²) in [5.41, 5.74) is 2.92. The van der Waals surface area contributed by atoms with Gasteiger partial charge in [0.05, 0.1) is 23.8 Å². The monoisotopic (exact) mass is 218 g/mol. The normalized spacial score (nSPS) is 14.5. The number of aryl methyl sites for hydroxylation is 1. The number of aliphatic imine (C=N–C) groups is 1. The Hall–Kier alpha value is -1.71. The molecule has 0 amide bonds. The molecule has 0 aromatic carbocycles. The summed E-state index contributed by atoms with van der Waals surface area (Å²) in [6.45, 7) is 7.90. The van der Waals surface area contributed by atoms with Crippen LogP contribution in [0.4, 0.5) is 0 Å². The molecule has 1 aliphatic heterocycles. The molecule has 2 heterocycles. The zero-order valence-corrected chi connectivity index (χ0v) is 10.3. The van der Waals surface area contributed by atoms with E-state index in [4.69, 9.17) is 0 Å². The molecule has 2 rings (SSSR count). The van der Waals surface area contributed by atoms with Crippen molar-refractivity contribution in [1.29, 1.82) is 0 Å². The van der Waals surface area contributed by atoms with Crippen molar-refractivity contribution in [3.63, 3.8) is 0 Å². The van der Waals surface area contributed by atoms with Gasteiger partial charge in [0.15, 0.2) is 0 Å². The molecule has 0 spiro atoms. The van der Waals surface area contributed by atoms with Crippen LogP contribution in [0.15, 0.2) is 29.0 Å². The summed E-state index contributed by atoms with van der Waals surface area (Å²) in [5, 5.41) is 7.93. The van der Waals surface area contributed by atoms with Crippen LogP contribution in [0, 0.1) is 6.92 Å². The number of aromatic nitrogens is 3. The lowest BCUT2D eigenvalue weighted by Gasteiger charge is -1.97. The van der Waals surface area contributed by atoms with Gasteiger partial charge in [-0.15, -0.1) is 5.10 Å². The molecule has 4 heteroatoms. The number of nitrogens with zero attached hydrogens (tertiary/aromatic N) is 4. The van der Waals surface area contributed by atoms with Gasteiger partial charge in [-0.3, -0.25) is 4.99 Å². The molecule has 0 atom stereocenters. The summed E-state index contributed by atoms with van der Waals surface area (Å²) < 4.78 is 1.74. The Labute approximate surface area is 96.4 Å². The third-order valence-electron chi connectivity index (χ3n) is 2.01. The van der Waals surface area contributed by atoms with Crippen molar-refractivity contribution in [2.24, 2.45) is 4.99 Å². The third-order valence-corrected chi connectivity index (χ3v) is 2.01. The van der Waals surface area contributed by atoms with Crippen LogP contribution in [0.1, 0.15) is 32.9 Å². The number of rotatable bonds is 1. The van der Waals surface area contributed by atoms with Gasteiger partial charge in [-0.25, -0.2) is 4.68 Å². The summed E-state index contributed by atoms with van der Waals surface area (Å²) in [5.74, 6) is 0. The van der Waals surface area contributed by atoms with Gasteiger partial charge < -0.3 is 0 Å². The van der Waals surface area contributed by atoms with Gasteiger partial charge in [-0.1, -0.05) is 31.2 Å². The third kappa shape index (κ3) is 3.15. The van der Waals surface area contributed by atoms with E-state index in [1.54, 1.807) is 4.68 Å². The van der Waals surface area contributed by atoms with E-state index in [1.165, 1.54) is 0 Å². The summed E-state index contributed by atoms with van der Waals surface area (Å²) in [6.07, 6.45) is 8.74. The van der Waals surface area contributed by atoms with Crippen LogP contribution in [0.3, 0.4) is 0 Å². The van der Waals surface area contributed by atoms with E-state index in [0.717, 1.165) is 23.5 Å². The van der Waals surface area contributed by atoms with Crippen molar-refractivity contribution in [3.8, 4) is 0 Å². The van der Waals surface area contributed by atoms with Crippen molar-refractivity contribution in [2.45, 2.75) is 34.1 Å². The van der Waals surface area contributed by atoms with Crippen molar-refractivity contribution >= 4 is 11.9 Å². The summed E-state index contributed by atoms with van der Waals surface area (Å²) in [7, 11) is 0. The second kappa shape index (κ2) is 6.00. The minimum Gasteiger partial charge on any atom is -0.260 e. The highest BCUT2D eigenvalue weighted by Gasteiger charge is 2.01. The molecule has 86 valence electrons. The molecule has 1 aliphatic rings. The van der Waals surface area contributed by atoms with E-state index in [0.29, 0.717) is 0 Å². The summed E-state index contributed by atoms with van der Waals surface area (Å²) >= 11 is 0. The lowest BCUT2D eigenvalue weighted by molar-refractivity contribution is 0.825. The number of hydrogen-bond acceptors (Lipinski definition) is 3. The fraction of sp³-hybridized carbons (Fsp3) is 0.417. The van der Waals surface area contributed by atoms with E-state index in [1.807, 2.05) is 40.1 Å². The van der Waals surface area contributed by atoms with Crippen LogP contribution in [0.5, 0.6) is 0 Å². The zero-order chi connectivity index (χ0) is 12.0. The van der Waals surface area contributed by atoms with Gasteiger partial charge in [-0.2, -0.15) is 0 Å². The molecule has 1 aromatic heterocycles. The quantitative estimate of drug-likeness (QED) is 0.727. The average molecular weight is 218 g/mol. The van der Waals surface area contributed by atoms with E-state index in [9.17, 15) is 0 Å².